The molecule has 4 atom stereocenters. The number of nitrogens with two attached hydrogens (primary N) is 1. The van der Waals surface area contributed by atoms with Crippen molar-refractivity contribution in [3.05, 3.63) is 70.5 Å². The third-order valence-corrected chi connectivity index (χ3v) is 5.67. The molecule has 1 fully saturated rings. The lowest BCUT2D eigenvalue weighted by atomic mass is 9.87. The molecular formula is C22H20F7NO2. The van der Waals surface area contributed by atoms with E-state index in [-0.39, 0.29) is 11.6 Å². The summed E-state index contributed by atoms with van der Waals surface area (Å²) in [5.74, 6) is -2.39. The van der Waals surface area contributed by atoms with Gasteiger partial charge in [-0.25, -0.2) is 4.39 Å². The van der Waals surface area contributed by atoms with Crippen LogP contribution in [0.5, 0.6) is 0 Å². The molecule has 1 saturated carbocycles. The molecule has 0 heterocycles. The first-order valence-corrected chi connectivity index (χ1v) is 9.77. The van der Waals surface area contributed by atoms with E-state index in [4.69, 9.17) is 10.5 Å². The van der Waals surface area contributed by atoms with Crippen LogP contribution in [-0.2, 0) is 21.9 Å². The summed E-state index contributed by atoms with van der Waals surface area (Å²) >= 11 is 0. The Hall–Kier alpha value is -2.62. The minimum absolute atomic E-state index is 0.0518. The summed E-state index contributed by atoms with van der Waals surface area (Å²) in [4.78, 5) is 11.9. The van der Waals surface area contributed by atoms with Gasteiger partial charge in [-0.1, -0.05) is 12.1 Å². The Balaban J connectivity index is 1.93. The Morgan fingerprint density at radius 2 is 1.50 bits per heavy atom. The number of alkyl halides is 6. The molecular weight excluding hydrogens is 443 g/mol. The van der Waals surface area contributed by atoms with Gasteiger partial charge in [0.2, 0.25) is 5.91 Å². The van der Waals surface area contributed by atoms with Crippen LogP contribution in [0.4, 0.5) is 30.7 Å². The average Bonchev–Trinajstić information content (AvgIpc) is 3.10. The normalized spacial score (nSPS) is 22.7. The molecule has 0 bridgehead atoms. The molecule has 2 N–H and O–H groups in total. The van der Waals surface area contributed by atoms with Crippen LogP contribution in [0.1, 0.15) is 54.0 Å². The minimum Gasteiger partial charge on any atom is -0.370 e. The number of rotatable bonds is 5. The van der Waals surface area contributed by atoms with Crippen LogP contribution >= 0.6 is 0 Å². The van der Waals surface area contributed by atoms with Crippen molar-refractivity contribution in [2.75, 3.05) is 0 Å². The van der Waals surface area contributed by atoms with E-state index in [1.165, 1.54) is 31.2 Å². The molecule has 0 aromatic heterocycles. The fourth-order valence-electron chi connectivity index (χ4n) is 4.12. The van der Waals surface area contributed by atoms with Gasteiger partial charge in [0.05, 0.1) is 23.3 Å². The fourth-order valence-corrected chi connectivity index (χ4v) is 4.12. The number of carbonyl (C=O) groups excluding carboxylic acids is 1. The molecule has 1 aliphatic carbocycles. The van der Waals surface area contributed by atoms with Crippen molar-refractivity contribution >= 4 is 5.91 Å². The Labute approximate surface area is 179 Å². The van der Waals surface area contributed by atoms with E-state index in [2.05, 4.69) is 0 Å². The van der Waals surface area contributed by atoms with E-state index in [1.807, 2.05) is 0 Å². The quantitative estimate of drug-likeness (QED) is 0.554. The van der Waals surface area contributed by atoms with E-state index in [1.54, 1.807) is 0 Å². The zero-order chi connectivity index (χ0) is 23.8. The van der Waals surface area contributed by atoms with Crippen LogP contribution < -0.4 is 5.73 Å². The van der Waals surface area contributed by atoms with Gasteiger partial charge in [-0.2, -0.15) is 26.3 Å². The first kappa shape index (κ1) is 24.0. The molecule has 2 aromatic rings. The van der Waals surface area contributed by atoms with Crippen molar-refractivity contribution in [1.29, 1.82) is 0 Å². The van der Waals surface area contributed by atoms with E-state index in [9.17, 15) is 35.5 Å². The Bertz CT molecular complexity index is 937. The standard InChI is InChI=1S/C22H20F7NO2/c1-11(13-8-14(21(24,25)26)10-15(9-13)22(27,28)29)32-18-7-6-17(20(30)31)19(18)12-2-4-16(23)5-3-12/h2-5,8-11,17-19H,6-7H2,1H3,(H2,30,31)/t11-,17-,18+,19+/m1/s1. The van der Waals surface area contributed by atoms with Crippen LogP contribution in [0.3, 0.4) is 0 Å². The van der Waals surface area contributed by atoms with Crippen LogP contribution in [0.15, 0.2) is 42.5 Å². The predicted octanol–water partition coefficient (Wildman–Crippen LogP) is 5.99. The maximum absolute atomic E-state index is 13.3. The van der Waals surface area contributed by atoms with E-state index < -0.39 is 59.2 Å². The third-order valence-electron chi connectivity index (χ3n) is 5.67. The number of benzene rings is 2. The van der Waals surface area contributed by atoms with E-state index >= 15 is 0 Å². The van der Waals surface area contributed by atoms with Gasteiger partial charge in [-0.05, 0) is 61.2 Å². The SMILES string of the molecule is C[C@@H](O[C@H]1CC[C@@H](C(N)=O)[C@@H]1c1ccc(F)cc1)c1cc(C(F)(F)F)cc(C(F)(F)F)c1. The van der Waals surface area contributed by atoms with Gasteiger partial charge in [0.1, 0.15) is 5.82 Å². The van der Waals surface area contributed by atoms with Gasteiger partial charge >= 0.3 is 12.4 Å². The van der Waals surface area contributed by atoms with Gasteiger partial charge in [0.25, 0.3) is 0 Å². The van der Waals surface area contributed by atoms with Crippen molar-refractivity contribution in [2.45, 2.75) is 50.2 Å². The second kappa shape index (κ2) is 8.73. The number of ether oxygens (including phenoxy) is 1. The Kier molecular flexibility index (Phi) is 6.55. The molecule has 2 aromatic carbocycles. The first-order chi connectivity index (χ1) is 14.8. The summed E-state index contributed by atoms with van der Waals surface area (Å²) in [6.07, 6.45) is -11.2. The molecule has 3 nitrogen and oxygen atoms in total. The van der Waals surface area contributed by atoms with Crippen LogP contribution in [0.2, 0.25) is 0 Å². The van der Waals surface area contributed by atoms with Gasteiger partial charge in [-0.3, -0.25) is 4.79 Å². The molecule has 1 amide bonds. The molecule has 10 heteroatoms. The van der Waals surface area contributed by atoms with Gasteiger partial charge in [0.15, 0.2) is 0 Å². The highest BCUT2D eigenvalue weighted by atomic mass is 19.4. The van der Waals surface area contributed by atoms with Crippen molar-refractivity contribution in [2.24, 2.45) is 11.7 Å². The topological polar surface area (TPSA) is 52.3 Å². The number of halogens is 7. The van der Waals surface area contributed by atoms with Crippen LogP contribution in [-0.4, -0.2) is 12.0 Å². The molecule has 3 rings (SSSR count). The largest absolute Gasteiger partial charge is 0.416 e. The number of hydrogen-bond acceptors (Lipinski definition) is 2. The molecule has 1 aliphatic rings. The second-order valence-electron chi connectivity index (χ2n) is 7.82. The number of carbonyl (C=O) groups is 1. The number of hydrogen-bond donors (Lipinski definition) is 1. The average molecular weight is 463 g/mol. The first-order valence-electron chi connectivity index (χ1n) is 9.77. The van der Waals surface area contributed by atoms with Crippen molar-refractivity contribution < 1.29 is 40.3 Å². The molecule has 0 saturated heterocycles. The summed E-state index contributed by atoms with van der Waals surface area (Å²) in [6, 6.07) is 6.57. The van der Waals surface area contributed by atoms with E-state index in [0.717, 1.165) is 0 Å². The van der Waals surface area contributed by atoms with Crippen molar-refractivity contribution in [3.8, 4) is 0 Å². The van der Waals surface area contributed by atoms with Gasteiger partial charge in [0, 0.05) is 11.8 Å². The lowest BCUT2D eigenvalue weighted by Gasteiger charge is -2.28. The lowest BCUT2D eigenvalue weighted by Crippen LogP contribution is -2.30. The van der Waals surface area contributed by atoms with Crippen molar-refractivity contribution in [1.82, 2.24) is 0 Å². The van der Waals surface area contributed by atoms with Gasteiger partial charge < -0.3 is 10.5 Å². The number of amides is 1. The number of primary amides is 1. The predicted molar refractivity (Wildman–Crippen MR) is 101 cm³/mol. The summed E-state index contributed by atoms with van der Waals surface area (Å²) in [6.45, 7) is 1.34. The maximum atomic E-state index is 13.3. The zero-order valence-corrected chi connectivity index (χ0v) is 16.8. The summed E-state index contributed by atoms with van der Waals surface area (Å²) in [5.41, 5.74) is 2.85. The van der Waals surface area contributed by atoms with E-state index in [0.29, 0.717) is 30.5 Å². The van der Waals surface area contributed by atoms with Gasteiger partial charge in [-0.15, -0.1) is 0 Å². The summed E-state index contributed by atoms with van der Waals surface area (Å²) in [7, 11) is 0. The smallest absolute Gasteiger partial charge is 0.370 e. The van der Waals surface area contributed by atoms with Crippen molar-refractivity contribution in [3.63, 3.8) is 0 Å². The maximum Gasteiger partial charge on any atom is 0.416 e. The highest BCUT2D eigenvalue weighted by Crippen LogP contribution is 2.44. The molecule has 0 spiro atoms. The second-order valence-corrected chi connectivity index (χ2v) is 7.82. The lowest BCUT2D eigenvalue weighted by molar-refractivity contribution is -0.143. The summed E-state index contributed by atoms with van der Waals surface area (Å²) < 4.78 is 98.2. The Morgan fingerprint density at radius 1 is 0.969 bits per heavy atom. The molecule has 0 radical (unpaired) electrons. The highest BCUT2D eigenvalue weighted by Gasteiger charge is 2.42. The fraction of sp³-hybridized carbons (Fsp3) is 0.409. The molecule has 0 aliphatic heterocycles. The highest BCUT2D eigenvalue weighted by molar-refractivity contribution is 5.78. The Morgan fingerprint density at radius 3 is 1.97 bits per heavy atom. The zero-order valence-electron chi connectivity index (χ0n) is 16.8. The monoisotopic (exact) mass is 463 g/mol. The van der Waals surface area contributed by atoms with Crippen LogP contribution in [0, 0.1) is 11.7 Å². The third kappa shape index (κ3) is 5.23. The molecule has 174 valence electrons. The molecule has 0 unspecified atom stereocenters. The van der Waals surface area contributed by atoms with Crippen LogP contribution in [0.25, 0.3) is 0 Å². The molecule has 32 heavy (non-hydrogen) atoms. The summed E-state index contributed by atoms with van der Waals surface area (Å²) in [5, 5.41) is 0. The minimum atomic E-state index is -4.98.